The van der Waals surface area contributed by atoms with E-state index in [-0.39, 0.29) is 6.42 Å². The number of nitrogens with zero attached hydrogens (tertiary/aromatic N) is 1. The highest BCUT2D eigenvalue weighted by molar-refractivity contribution is 5.33. The van der Waals surface area contributed by atoms with Crippen LogP contribution in [0.1, 0.15) is 26.2 Å². The third-order valence-electron chi connectivity index (χ3n) is 2.95. The normalized spacial score (nSPS) is 15.8. The Bertz CT molecular complexity index is 479. The van der Waals surface area contributed by atoms with Gasteiger partial charge in [0.05, 0.1) is 6.04 Å². The highest BCUT2D eigenvalue weighted by atomic mass is 19.4. The molecule has 2 nitrogen and oxygen atoms in total. The molecule has 24 heavy (non-hydrogen) atoms. The smallest absolute Gasteiger partial charge is 0.211 e. The van der Waals surface area contributed by atoms with Crippen LogP contribution in [0.15, 0.2) is 4.99 Å². The van der Waals surface area contributed by atoms with Crippen molar-refractivity contribution in [2.45, 2.75) is 62.1 Å². The molecule has 0 aromatic carbocycles. The number of carbonyl (C=O) groups excluding carboxylic acids is 1. The van der Waals surface area contributed by atoms with Gasteiger partial charge in [-0.2, -0.15) is 48.3 Å². The molecule has 1 unspecified atom stereocenters. The van der Waals surface area contributed by atoms with Gasteiger partial charge in [0.25, 0.3) is 0 Å². The average Bonchev–Trinajstić information content (AvgIpc) is 2.36. The van der Waals surface area contributed by atoms with Crippen LogP contribution in [0.5, 0.6) is 0 Å². The number of hydrogen-bond acceptors (Lipinski definition) is 2. The van der Waals surface area contributed by atoms with E-state index in [1.165, 1.54) is 6.92 Å². The fraction of sp³-hybridized carbons (Fsp3) is 0.909. The quantitative estimate of drug-likeness (QED) is 0.331. The monoisotopic (exact) mass is 381 g/mol. The van der Waals surface area contributed by atoms with E-state index >= 15 is 0 Å². The number of aliphatic imine (C=N–C) groups is 1. The second-order valence-corrected chi connectivity index (χ2v) is 4.79. The summed E-state index contributed by atoms with van der Waals surface area (Å²) in [6, 6.07) is -2.01. The molecule has 0 aliphatic carbocycles. The van der Waals surface area contributed by atoms with Crippen LogP contribution >= 0.6 is 0 Å². The molecule has 0 aliphatic rings. The van der Waals surface area contributed by atoms with Crippen molar-refractivity contribution in [3.05, 3.63) is 0 Å². The number of rotatable bonds is 8. The molecule has 0 bridgehead atoms. The third-order valence-corrected chi connectivity index (χ3v) is 2.95. The second-order valence-electron chi connectivity index (χ2n) is 4.79. The summed E-state index contributed by atoms with van der Waals surface area (Å²) in [6.45, 7) is 1.30. The summed E-state index contributed by atoms with van der Waals surface area (Å²) < 4.78 is 140. The van der Waals surface area contributed by atoms with Crippen molar-refractivity contribution in [3.8, 4) is 0 Å². The molecule has 0 heterocycles. The fourth-order valence-corrected chi connectivity index (χ4v) is 1.65. The summed E-state index contributed by atoms with van der Waals surface area (Å²) in [4.78, 5) is 12.6. The maximum atomic E-state index is 13.4. The first kappa shape index (κ1) is 22.6. The van der Waals surface area contributed by atoms with E-state index in [0.717, 1.165) is 0 Å². The number of halogens is 11. The van der Waals surface area contributed by atoms with Crippen molar-refractivity contribution in [1.82, 2.24) is 0 Å². The van der Waals surface area contributed by atoms with Crippen LogP contribution < -0.4 is 0 Å². The molecule has 0 aliphatic heterocycles. The zero-order valence-electron chi connectivity index (χ0n) is 11.7. The summed E-state index contributed by atoms with van der Waals surface area (Å²) in [5, 5.41) is 0. The maximum Gasteiger partial charge on any atom is 0.460 e. The lowest BCUT2D eigenvalue weighted by Crippen LogP contribution is -2.66. The van der Waals surface area contributed by atoms with Gasteiger partial charge in [-0.05, 0) is 6.42 Å². The Hall–Kier alpha value is -1.39. The minimum Gasteiger partial charge on any atom is -0.211 e. The maximum absolute atomic E-state index is 13.4. The van der Waals surface area contributed by atoms with Crippen molar-refractivity contribution in [3.63, 3.8) is 0 Å². The molecule has 0 saturated heterocycles. The molecule has 0 aromatic heterocycles. The van der Waals surface area contributed by atoms with Crippen LogP contribution in [-0.2, 0) is 4.79 Å². The second kappa shape index (κ2) is 6.85. The summed E-state index contributed by atoms with van der Waals surface area (Å²) >= 11 is 0. The highest BCUT2D eigenvalue weighted by Crippen LogP contribution is 2.58. The fourth-order valence-electron chi connectivity index (χ4n) is 1.65. The van der Waals surface area contributed by atoms with E-state index in [9.17, 15) is 53.1 Å². The molecule has 13 heteroatoms. The molecule has 0 spiro atoms. The van der Waals surface area contributed by atoms with Gasteiger partial charge in [0, 0.05) is 6.42 Å². The zero-order valence-corrected chi connectivity index (χ0v) is 11.7. The van der Waals surface area contributed by atoms with E-state index in [2.05, 4.69) is 4.99 Å². The molecule has 0 saturated carbocycles. The Balaban J connectivity index is 5.87. The van der Waals surface area contributed by atoms with Crippen LogP contribution in [0.4, 0.5) is 48.3 Å². The molecule has 142 valence electrons. The lowest BCUT2D eigenvalue weighted by molar-refractivity contribution is -0.422. The predicted molar refractivity (Wildman–Crippen MR) is 57.3 cm³/mol. The summed E-state index contributed by atoms with van der Waals surface area (Å²) in [6.07, 6.45) is -9.40. The van der Waals surface area contributed by atoms with Crippen LogP contribution in [0.3, 0.4) is 0 Å². The lowest BCUT2D eigenvalue weighted by Gasteiger charge is -2.37. The molecule has 0 N–H and O–H groups in total. The van der Waals surface area contributed by atoms with Crippen molar-refractivity contribution >= 4 is 6.08 Å². The van der Waals surface area contributed by atoms with Gasteiger partial charge in [-0.25, -0.2) is 9.79 Å². The van der Waals surface area contributed by atoms with E-state index in [4.69, 9.17) is 0 Å². The van der Waals surface area contributed by atoms with Crippen molar-refractivity contribution in [1.29, 1.82) is 0 Å². The molecule has 0 fully saturated rings. The van der Waals surface area contributed by atoms with Gasteiger partial charge in [-0.3, -0.25) is 0 Å². The van der Waals surface area contributed by atoms with Gasteiger partial charge >= 0.3 is 29.9 Å². The molecular weight excluding hydrogens is 371 g/mol. The van der Waals surface area contributed by atoms with Crippen LogP contribution in [0.2, 0.25) is 0 Å². The largest absolute Gasteiger partial charge is 0.460 e. The Morgan fingerprint density at radius 2 is 1.29 bits per heavy atom. The van der Waals surface area contributed by atoms with Crippen LogP contribution in [-0.4, -0.2) is 42.0 Å². The van der Waals surface area contributed by atoms with E-state index < -0.39 is 48.7 Å². The Morgan fingerprint density at radius 3 is 1.62 bits per heavy atom. The first-order valence-electron chi connectivity index (χ1n) is 6.14. The molecule has 1 atom stereocenters. The Morgan fingerprint density at radius 1 is 0.833 bits per heavy atom. The van der Waals surface area contributed by atoms with Crippen LogP contribution in [0, 0.1) is 0 Å². The van der Waals surface area contributed by atoms with Gasteiger partial charge in [0.15, 0.2) is 0 Å². The molecule has 0 radical (unpaired) electrons. The number of isocyanates is 1. The van der Waals surface area contributed by atoms with Crippen molar-refractivity contribution < 1.29 is 53.1 Å². The Kier molecular flexibility index (Phi) is 6.45. The summed E-state index contributed by atoms with van der Waals surface area (Å²) in [5.74, 6) is -27.9. The lowest BCUT2D eigenvalue weighted by atomic mass is 9.92. The Labute approximate surface area is 127 Å². The highest BCUT2D eigenvalue weighted by Gasteiger charge is 2.87. The molecular formula is C11H10F11NO. The first-order valence-corrected chi connectivity index (χ1v) is 6.14. The SMILES string of the molecule is CCCC(CC(F)(F)C(F)(F)C(F)(F)C(F)(F)C(F)(F)F)N=C=O. The predicted octanol–water partition coefficient (Wildman–Crippen LogP) is 4.98. The average molecular weight is 381 g/mol. The summed E-state index contributed by atoms with van der Waals surface area (Å²) in [5.41, 5.74) is 0. The van der Waals surface area contributed by atoms with Crippen molar-refractivity contribution in [2.24, 2.45) is 4.99 Å². The summed E-state index contributed by atoms with van der Waals surface area (Å²) in [7, 11) is 0. The van der Waals surface area contributed by atoms with Gasteiger partial charge in [-0.1, -0.05) is 13.3 Å². The third kappa shape index (κ3) is 3.81. The zero-order chi connectivity index (χ0) is 19.6. The van der Waals surface area contributed by atoms with Gasteiger partial charge in [0.2, 0.25) is 6.08 Å². The van der Waals surface area contributed by atoms with Crippen LogP contribution in [0.25, 0.3) is 0 Å². The van der Waals surface area contributed by atoms with E-state index in [1.807, 2.05) is 0 Å². The van der Waals surface area contributed by atoms with Gasteiger partial charge in [0.1, 0.15) is 0 Å². The topological polar surface area (TPSA) is 29.4 Å². The van der Waals surface area contributed by atoms with E-state index in [1.54, 1.807) is 0 Å². The molecule has 0 rings (SSSR count). The van der Waals surface area contributed by atoms with E-state index in [0.29, 0.717) is 6.08 Å². The minimum atomic E-state index is -7.44. The molecule has 0 amide bonds. The minimum absolute atomic E-state index is 0.0490. The van der Waals surface area contributed by atoms with Crippen molar-refractivity contribution in [2.75, 3.05) is 0 Å². The standard InChI is InChI=1S/C11H10F11NO/c1-2-3-6(23-5-24)4-7(12,13)8(14,15)9(16,17)10(18,19)11(20,21)22/h6H,2-4H2,1H3. The van der Waals surface area contributed by atoms with Gasteiger partial charge in [-0.15, -0.1) is 0 Å². The first-order chi connectivity index (χ1) is 10.5. The number of hydrogen-bond donors (Lipinski definition) is 0. The number of alkyl halides is 11. The molecule has 0 aromatic rings. The van der Waals surface area contributed by atoms with Gasteiger partial charge < -0.3 is 0 Å².